The quantitative estimate of drug-likeness (QED) is 0.207. The number of hydrogen-bond acceptors (Lipinski definition) is 2. The highest BCUT2D eigenvalue weighted by Crippen LogP contribution is 2.16. The third-order valence-electron chi connectivity index (χ3n) is 5.68. The standard InChI is InChI=1S/C29H36N4O2/c1-2-3-4-5-6-10-21-30-28(34)31-26-17-13-23(14-18-26)22-24-15-19-27(20-16-24)33-29(35)32-25-11-8-7-9-12-25/h7-9,11-20H,2-6,10,21-22H2,1H3,(H2,30,31,34)(H2,32,33,35). The second kappa shape index (κ2) is 14.5. The Morgan fingerprint density at radius 2 is 1.06 bits per heavy atom. The van der Waals surface area contributed by atoms with Crippen LogP contribution < -0.4 is 21.3 Å². The zero-order chi connectivity index (χ0) is 24.7. The van der Waals surface area contributed by atoms with Gasteiger partial charge in [0, 0.05) is 23.6 Å². The molecule has 0 aliphatic carbocycles. The fraction of sp³-hybridized carbons (Fsp3) is 0.310. The normalized spacial score (nSPS) is 10.4. The molecule has 0 fully saturated rings. The number of anilines is 3. The minimum Gasteiger partial charge on any atom is -0.338 e. The highest BCUT2D eigenvalue weighted by molar-refractivity contribution is 5.99. The molecule has 0 saturated carbocycles. The summed E-state index contributed by atoms with van der Waals surface area (Å²) in [5, 5.41) is 11.5. The number of unbranched alkanes of at least 4 members (excludes halogenated alkanes) is 5. The van der Waals surface area contributed by atoms with E-state index in [-0.39, 0.29) is 12.1 Å². The lowest BCUT2D eigenvalue weighted by Gasteiger charge is -2.10. The Hall–Kier alpha value is -3.80. The fourth-order valence-electron chi connectivity index (χ4n) is 3.75. The van der Waals surface area contributed by atoms with E-state index in [1.165, 1.54) is 25.7 Å². The Kier molecular flexibility index (Phi) is 10.7. The number of amides is 4. The van der Waals surface area contributed by atoms with Gasteiger partial charge in [-0.25, -0.2) is 9.59 Å². The van der Waals surface area contributed by atoms with E-state index in [2.05, 4.69) is 28.2 Å². The minimum absolute atomic E-state index is 0.161. The molecule has 0 aliphatic rings. The van der Waals surface area contributed by atoms with Crippen LogP contribution in [0.25, 0.3) is 0 Å². The van der Waals surface area contributed by atoms with Crippen molar-refractivity contribution in [1.29, 1.82) is 0 Å². The third kappa shape index (κ3) is 9.92. The monoisotopic (exact) mass is 472 g/mol. The predicted molar refractivity (Wildman–Crippen MR) is 145 cm³/mol. The first-order chi connectivity index (χ1) is 17.1. The molecule has 4 amide bonds. The van der Waals surface area contributed by atoms with Crippen molar-refractivity contribution in [3.05, 3.63) is 90.0 Å². The summed E-state index contributed by atoms with van der Waals surface area (Å²) in [5.74, 6) is 0. The Morgan fingerprint density at radius 1 is 0.571 bits per heavy atom. The van der Waals surface area contributed by atoms with Gasteiger partial charge in [-0.2, -0.15) is 0 Å². The van der Waals surface area contributed by atoms with Crippen LogP contribution in [0.2, 0.25) is 0 Å². The average Bonchev–Trinajstić information content (AvgIpc) is 2.86. The molecule has 0 saturated heterocycles. The van der Waals surface area contributed by atoms with Crippen LogP contribution in [-0.2, 0) is 6.42 Å². The Bertz CT molecular complexity index is 1030. The highest BCUT2D eigenvalue weighted by Gasteiger charge is 2.04. The van der Waals surface area contributed by atoms with E-state index < -0.39 is 0 Å². The van der Waals surface area contributed by atoms with Gasteiger partial charge in [0.2, 0.25) is 0 Å². The fourth-order valence-corrected chi connectivity index (χ4v) is 3.75. The molecule has 0 aromatic heterocycles. The molecule has 0 spiro atoms. The summed E-state index contributed by atoms with van der Waals surface area (Å²) in [6.45, 7) is 2.92. The molecule has 0 radical (unpaired) electrons. The molecular weight excluding hydrogens is 436 g/mol. The summed E-state index contributed by atoms with van der Waals surface area (Å²) in [5.41, 5.74) is 4.53. The zero-order valence-corrected chi connectivity index (χ0v) is 20.5. The molecule has 35 heavy (non-hydrogen) atoms. The van der Waals surface area contributed by atoms with Gasteiger partial charge in [0.1, 0.15) is 0 Å². The van der Waals surface area contributed by atoms with Crippen LogP contribution in [0.3, 0.4) is 0 Å². The van der Waals surface area contributed by atoms with Crippen LogP contribution in [0.4, 0.5) is 26.7 Å². The van der Waals surface area contributed by atoms with Gasteiger partial charge in [0.05, 0.1) is 0 Å². The van der Waals surface area contributed by atoms with E-state index in [0.29, 0.717) is 6.54 Å². The van der Waals surface area contributed by atoms with Crippen molar-refractivity contribution in [3.8, 4) is 0 Å². The summed E-state index contributed by atoms with van der Waals surface area (Å²) in [6, 6.07) is 24.6. The minimum atomic E-state index is -0.275. The Morgan fingerprint density at radius 3 is 1.63 bits per heavy atom. The van der Waals surface area contributed by atoms with Crippen molar-refractivity contribution < 1.29 is 9.59 Å². The molecule has 0 aliphatic heterocycles. The van der Waals surface area contributed by atoms with Crippen LogP contribution >= 0.6 is 0 Å². The van der Waals surface area contributed by atoms with Crippen LogP contribution in [0.15, 0.2) is 78.9 Å². The average molecular weight is 473 g/mol. The third-order valence-corrected chi connectivity index (χ3v) is 5.68. The lowest BCUT2D eigenvalue weighted by molar-refractivity contribution is 0.252. The lowest BCUT2D eigenvalue weighted by atomic mass is 10.0. The van der Waals surface area contributed by atoms with Gasteiger partial charge in [-0.1, -0.05) is 81.5 Å². The van der Waals surface area contributed by atoms with E-state index in [0.717, 1.165) is 47.5 Å². The van der Waals surface area contributed by atoms with Gasteiger partial charge >= 0.3 is 12.1 Å². The maximum atomic E-state index is 12.1. The Labute approximate surface area is 208 Å². The summed E-state index contributed by atoms with van der Waals surface area (Å²) in [6.07, 6.45) is 8.00. The van der Waals surface area contributed by atoms with Crippen LogP contribution in [0.5, 0.6) is 0 Å². The molecule has 4 N–H and O–H groups in total. The number of carbonyl (C=O) groups is 2. The van der Waals surface area contributed by atoms with Crippen molar-refractivity contribution >= 4 is 29.1 Å². The molecule has 3 aromatic carbocycles. The Balaban J connectivity index is 1.38. The molecular formula is C29H36N4O2. The van der Waals surface area contributed by atoms with Gasteiger partial charge < -0.3 is 21.3 Å². The number of nitrogens with one attached hydrogen (secondary N) is 4. The predicted octanol–water partition coefficient (Wildman–Crippen LogP) is 7.40. The van der Waals surface area contributed by atoms with E-state index in [9.17, 15) is 9.59 Å². The van der Waals surface area contributed by atoms with Crippen molar-refractivity contribution in [2.24, 2.45) is 0 Å². The van der Waals surface area contributed by atoms with Crippen molar-refractivity contribution in [2.45, 2.75) is 51.9 Å². The van der Waals surface area contributed by atoms with Gasteiger partial charge in [0.25, 0.3) is 0 Å². The molecule has 0 unspecified atom stereocenters. The number of benzene rings is 3. The molecule has 0 atom stereocenters. The molecule has 184 valence electrons. The number of urea groups is 2. The van der Waals surface area contributed by atoms with E-state index in [4.69, 9.17) is 0 Å². The maximum Gasteiger partial charge on any atom is 0.323 e. The summed E-state index contributed by atoms with van der Waals surface area (Å²) in [7, 11) is 0. The van der Waals surface area contributed by atoms with Gasteiger partial charge in [-0.15, -0.1) is 0 Å². The smallest absolute Gasteiger partial charge is 0.323 e. The first-order valence-electron chi connectivity index (χ1n) is 12.5. The number of hydrogen-bond donors (Lipinski definition) is 4. The van der Waals surface area contributed by atoms with Gasteiger partial charge in [-0.3, -0.25) is 0 Å². The lowest BCUT2D eigenvalue weighted by Crippen LogP contribution is -2.29. The van der Waals surface area contributed by atoms with E-state index in [1.807, 2.05) is 78.9 Å². The van der Waals surface area contributed by atoms with Crippen molar-refractivity contribution in [2.75, 3.05) is 22.5 Å². The number of rotatable bonds is 12. The summed E-state index contributed by atoms with van der Waals surface area (Å²) >= 11 is 0. The molecule has 3 aromatic rings. The van der Waals surface area contributed by atoms with Crippen LogP contribution in [0.1, 0.15) is 56.6 Å². The topological polar surface area (TPSA) is 82.3 Å². The first-order valence-corrected chi connectivity index (χ1v) is 12.5. The molecule has 6 heteroatoms. The first kappa shape index (κ1) is 25.8. The van der Waals surface area contributed by atoms with Crippen molar-refractivity contribution in [1.82, 2.24) is 5.32 Å². The summed E-state index contributed by atoms with van der Waals surface area (Å²) < 4.78 is 0. The highest BCUT2D eigenvalue weighted by atomic mass is 16.2. The largest absolute Gasteiger partial charge is 0.338 e. The van der Waals surface area contributed by atoms with E-state index >= 15 is 0 Å². The second-order valence-electron chi connectivity index (χ2n) is 8.66. The molecule has 6 nitrogen and oxygen atoms in total. The SMILES string of the molecule is CCCCCCCCNC(=O)Nc1ccc(Cc2ccc(NC(=O)Nc3ccccc3)cc2)cc1. The van der Waals surface area contributed by atoms with E-state index in [1.54, 1.807) is 0 Å². The van der Waals surface area contributed by atoms with Crippen LogP contribution in [0, 0.1) is 0 Å². The van der Waals surface area contributed by atoms with Gasteiger partial charge in [0.15, 0.2) is 0 Å². The summed E-state index contributed by atoms with van der Waals surface area (Å²) in [4.78, 5) is 24.2. The second-order valence-corrected chi connectivity index (χ2v) is 8.66. The molecule has 3 rings (SSSR count). The molecule has 0 bridgehead atoms. The maximum absolute atomic E-state index is 12.1. The zero-order valence-electron chi connectivity index (χ0n) is 20.5. The van der Waals surface area contributed by atoms with Gasteiger partial charge in [-0.05, 0) is 60.4 Å². The molecule has 0 heterocycles. The number of para-hydroxylation sites is 1. The van der Waals surface area contributed by atoms with Crippen LogP contribution in [-0.4, -0.2) is 18.6 Å². The van der Waals surface area contributed by atoms with Crippen molar-refractivity contribution in [3.63, 3.8) is 0 Å². The number of carbonyl (C=O) groups excluding carboxylic acids is 2.